The molecule has 0 aliphatic rings. The van der Waals surface area contributed by atoms with Gasteiger partial charge in [-0.2, -0.15) is 0 Å². The van der Waals surface area contributed by atoms with E-state index in [9.17, 15) is 4.79 Å². The van der Waals surface area contributed by atoms with Crippen LogP contribution in [0.2, 0.25) is 0 Å². The fourth-order valence-corrected chi connectivity index (χ4v) is 1.32. The zero-order chi connectivity index (χ0) is 10.6. The van der Waals surface area contributed by atoms with Gasteiger partial charge in [0.1, 0.15) is 5.76 Å². The third-order valence-corrected chi connectivity index (χ3v) is 2.41. The van der Waals surface area contributed by atoms with Gasteiger partial charge >= 0.3 is 0 Å². The Balaban J connectivity index is 2.59. The maximum Gasteiger partial charge on any atom is 0.155 e. The van der Waals surface area contributed by atoms with Crippen molar-refractivity contribution in [3.63, 3.8) is 0 Å². The Morgan fingerprint density at radius 2 is 2.36 bits per heavy atom. The van der Waals surface area contributed by atoms with E-state index in [1.54, 1.807) is 6.26 Å². The number of carbonyl (C=O) groups excluding carboxylic acids is 1. The highest BCUT2D eigenvalue weighted by Gasteiger charge is 2.23. The van der Waals surface area contributed by atoms with E-state index >= 15 is 0 Å². The second kappa shape index (κ2) is 4.27. The van der Waals surface area contributed by atoms with Crippen LogP contribution in [0.25, 0.3) is 0 Å². The maximum absolute atomic E-state index is 11.1. The molecule has 1 aromatic heterocycles. The molecular formula is C12H16O2. The molecule has 0 fully saturated rings. The fourth-order valence-electron chi connectivity index (χ4n) is 1.32. The molecule has 1 heterocycles. The molecule has 0 aliphatic carbocycles. The van der Waals surface area contributed by atoms with Crippen LogP contribution in [0.15, 0.2) is 35.5 Å². The van der Waals surface area contributed by atoms with Crippen molar-refractivity contribution in [2.75, 3.05) is 0 Å². The predicted molar refractivity (Wildman–Crippen MR) is 56.2 cm³/mol. The molecule has 0 atom stereocenters. The van der Waals surface area contributed by atoms with Crippen molar-refractivity contribution in [1.29, 1.82) is 0 Å². The lowest BCUT2D eigenvalue weighted by Gasteiger charge is -2.20. The Morgan fingerprint density at radius 3 is 2.86 bits per heavy atom. The van der Waals surface area contributed by atoms with Gasteiger partial charge in [-0.05, 0) is 24.6 Å². The summed E-state index contributed by atoms with van der Waals surface area (Å²) in [6.07, 6.45) is 4.34. The van der Waals surface area contributed by atoms with Crippen LogP contribution in [0.3, 0.4) is 0 Å². The first-order chi connectivity index (χ1) is 6.56. The third kappa shape index (κ3) is 2.59. The van der Waals surface area contributed by atoms with Crippen molar-refractivity contribution in [3.8, 4) is 0 Å². The Hall–Kier alpha value is -1.31. The number of hydrogen-bond acceptors (Lipinski definition) is 2. The van der Waals surface area contributed by atoms with Gasteiger partial charge in [0.2, 0.25) is 0 Å². The average molecular weight is 192 g/mol. The molecule has 1 aromatic rings. The quantitative estimate of drug-likeness (QED) is 0.671. The molecule has 0 aromatic carbocycles. The Bertz CT molecular complexity index is 307. The molecule has 0 saturated carbocycles. The highest BCUT2D eigenvalue weighted by molar-refractivity contribution is 5.89. The zero-order valence-electron chi connectivity index (χ0n) is 8.75. The van der Waals surface area contributed by atoms with Crippen LogP contribution in [-0.2, 0) is 10.2 Å². The monoisotopic (exact) mass is 192 g/mol. The summed E-state index contributed by atoms with van der Waals surface area (Å²) in [6.45, 7) is 7.59. The van der Waals surface area contributed by atoms with Gasteiger partial charge in [0.25, 0.3) is 0 Å². The van der Waals surface area contributed by atoms with E-state index < -0.39 is 0 Å². The van der Waals surface area contributed by atoms with E-state index in [0.29, 0.717) is 6.42 Å². The molecule has 2 heteroatoms. The number of allylic oxidation sites excluding steroid dienone is 1. The topological polar surface area (TPSA) is 30.2 Å². The number of carbonyl (C=O) groups is 1. The third-order valence-electron chi connectivity index (χ3n) is 2.41. The van der Waals surface area contributed by atoms with E-state index in [1.165, 1.54) is 6.08 Å². The van der Waals surface area contributed by atoms with Gasteiger partial charge in [-0.3, -0.25) is 4.79 Å². The van der Waals surface area contributed by atoms with Gasteiger partial charge in [-0.1, -0.05) is 20.4 Å². The number of furan rings is 1. The Morgan fingerprint density at radius 1 is 1.64 bits per heavy atom. The maximum atomic E-state index is 11.1. The van der Waals surface area contributed by atoms with Crippen molar-refractivity contribution in [2.45, 2.75) is 32.1 Å². The number of rotatable bonds is 5. The number of ketones is 1. The standard InChI is InChI=1S/C12H16O2/c1-4-10(13)7-8-12(2,3)11-6-5-9-14-11/h4-6,9H,1,7-8H2,2-3H3. The summed E-state index contributed by atoms with van der Waals surface area (Å²) in [7, 11) is 0. The number of hydrogen-bond donors (Lipinski definition) is 0. The molecule has 0 amide bonds. The molecule has 14 heavy (non-hydrogen) atoms. The summed E-state index contributed by atoms with van der Waals surface area (Å²) in [4.78, 5) is 11.1. The second-order valence-electron chi connectivity index (χ2n) is 4.03. The molecular weight excluding hydrogens is 176 g/mol. The summed E-state index contributed by atoms with van der Waals surface area (Å²) in [6, 6.07) is 3.81. The minimum atomic E-state index is -0.0812. The van der Waals surface area contributed by atoms with Crippen molar-refractivity contribution >= 4 is 5.78 Å². The molecule has 1 rings (SSSR count). The predicted octanol–water partition coefficient (Wildman–Crippen LogP) is 3.09. The van der Waals surface area contributed by atoms with E-state index in [0.717, 1.165) is 12.2 Å². The van der Waals surface area contributed by atoms with Crippen LogP contribution in [0, 0.1) is 0 Å². The normalized spacial score (nSPS) is 11.3. The summed E-state index contributed by atoms with van der Waals surface area (Å²) >= 11 is 0. The Kier molecular flexibility index (Phi) is 3.28. The summed E-state index contributed by atoms with van der Waals surface area (Å²) in [5.41, 5.74) is -0.0812. The first kappa shape index (κ1) is 10.8. The van der Waals surface area contributed by atoms with Gasteiger partial charge in [-0.15, -0.1) is 0 Å². The smallest absolute Gasteiger partial charge is 0.155 e. The fraction of sp³-hybridized carbons (Fsp3) is 0.417. The summed E-state index contributed by atoms with van der Waals surface area (Å²) < 4.78 is 5.33. The molecule has 0 N–H and O–H groups in total. The molecule has 2 nitrogen and oxygen atoms in total. The van der Waals surface area contributed by atoms with Crippen LogP contribution >= 0.6 is 0 Å². The van der Waals surface area contributed by atoms with Crippen molar-refractivity contribution in [1.82, 2.24) is 0 Å². The molecule has 76 valence electrons. The first-order valence-electron chi connectivity index (χ1n) is 4.75. The van der Waals surface area contributed by atoms with Crippen LogP contribution in [0.1, 0.15) is 32.4 Å². The minimum absolute atomic E-state index is 0.0812. The summed E-state index contributed by atoms with van der Waals surface area (Å²) in [5, 5.41) is 0. The first-order valence-corrected chi connectivity index (χ1v) is 4.75. The highest BCUT2D eigenvalue weighted by atomic mass is 16.3. The largest absolute Gasteiger partial charge is 0.469 e. The second-order valence-corrected chi connectivity index (χ2v) is 4.03. The van der Waals surface area contributed by atoms with Gasteiger partial charge in [0, 0.05) is 11.8 Å². The minimum Gasteiger partial charge on any atom is -0.469 e. The molecule has 0 unspecified atom stereocenters. The van der Waals surface area contributed by atoms with Gasteiger partial charge in [0.15, 0.2) is 5.78 Å². The van der Waals surface area contributed by atoms with E-state index in [2.05, 4.69) is 20.4 Å². The van der Waals surface area contributed by atoms with E-state index in [4.69, 9.17) is 4.42 Å². The lowest BCUT2D eigenvalue weighted by Crippen LogP contribution is -2.17. The highest BCUT2D eigenvalue weighted by Crippen LogP contribution is 2.28. The SMILES string of the molecule is C=CC(=O)CCC(C)(C)c1ccco1. The molecule has 0 saturated heterocycles. The molecule has 0 aliphatic heterocycles. The van der Waals surface area contributed by atoms with Crippen LogP contribution < -0.4 is 0 Å². The van der Waals surface area contributed by atoms with Gasteiger partial charge in [0.05, 0.1) is 6.26 Å². The Labute approximate surface area is 84.6 Å². The zero-order valence-corrected chi connectivity index (χ0v) is 8.75. The van der Waals surface area contributed by atoms with E-state index in [1.807, 2.05) is 12.1 Å². The van der Waals surface area contributed by atoms with Gasteiger partial charge < -0.3 is 4.42 Å². The average Bonchev–Trinajstić information content (AvgIpc) is 2.67. The molecule has 0 spiro atoms. The molecule has 0 bridgehead atoms. The van der Waals surface area contributed by atoms with Gasteiger partial charge in [-0.25, -0.2) is 0 Å². The van der Waals surface area contributed by atoms with Crippen molar-refractivity contribution < 1.29 is 9.21 Å². The van der Waals surface area contributed by atoms with Crippen LogP contribution in [-0.4, -0.2) is 5.78 Å². The van der Waals surface area contributed by atoms with E-state index in [-0.39, 0.29) is 11.2 Å². The van der Waals surface area contributed by atoms with Crippen LogP contribution in [0.5, 0.6) is 0 Å². The summed E-state index contributed by atoms with van der Waals surface area (Å²) in [5.74, 6) is 1.01. The van der Waals surface area contributed by atoms with Crippen LogP contribution in [0.4, 0.5) is 0 Å². The molecule has 0 radical (unpaired) electrons. The van der Waals surface area contributed by atoms with Crippen molar-refractivity contribution in [2.24, 2.45) is 0 Å². The lowest BCUT2D eigenvalue weighted by atomic mass is 9.84. The lowest BCUT2D eigenvalue weighted by molar-refractivity contribution is -0.114. The van der Waals surface area contributed by atoms with Crippen molar-refractivity contribution in [3.05, 3.63) is 36.8 Å².